The third-order valence-electron chi connectivity index (χ3n) is 2.24. The van der Waals surface area contributed by atoms with Crippen molar-refractivity contribution in [3.63, 3.8) is 0 Å². The summed E-state index contributed by atoms with van der Waals surface area (Å²) in [7, 11) is 0. The second-order valence-electron chi connectivity index (χ2n) is 3.81. The predicted octanol–water partition coefficient (Wildman–Crippen LogP) is 4.96. The third-order valence-corrected chi connectivity index (χ3v) is 3.09. The first-order valence-electron chi connectivity index (χ1n) is 5.91. The van der Waals surface area contributed by atoms with Gasteiger partial charge in [-0.1, -0.05) is 66.3 Å². The Bertz CT molecular complexity index is 385. The van der Waals surface area contributed by atoms with Crippen LogP contribution in [0.2, 0.25) is 0 Å². The Balaban J connectivity index is 2.36. The molecule has 0 heterocycles. The van der Waals surface area contributed by atoms with Crippen molar-refractivity contribution in [2.75, 3.05) is 11.5 Å². The lowest BCUT2D eigenvalue weighted by molar-refractivity contribution is 1.52. The molecule has 1 rings (SSSR count). The van der Waals surface area contributed by atoms with Crippen molar-refractivity contribution in [1.29, 1.82) is 0 Å². The van der Waals surface area contributed by atoms with E-state index in [-0.39, 0.29) is 0 Å². The fraction of sp³-hybridized carbons (Fsp3) is 0.250. The molecule has 0 atom stereocenters. The summed E-state index contributed by atoms with van der Waals surface area (Å²) < 4.78 is 0. The highest BCUT2D eigenvalue weighted by atomic mass is 32.2. The van der Waals surface area contributed by atoms with Crippen LogP contribution in [-0.2, 0) is 0 Å². The topological polar surface area (TPSA) is 0 Å². The molecule has 17 heavy (non-hydrogen) atoms. The maximum Gasteiger partial charge on any atom is 0.0119 e. The Labute approximate surface area is 109 Å². The number of rotatable bonds is 6. The summed E-state index contributed by atoms with van der Waals surface area (Å²) in [4.78, 5) is 0. The summed E-state index contributed by atoms with van der Waals surface area (Å²) >= 11 is 1.93. The van der Waals surface area contributed by atoms with Gasteiger partial charge in [0, 0.05) is 11.5 Å². The molecule has 0 saturated heterocycles. The summed E-state index contributed by atoms with van der Waals surface area (Å²) in [5.74, 6) is 2.17. The Morgan fingerprint density at radius 2 is 1.82 bits per heavy atom. The maximum atomic E-state index is 2.23. The van der Waals surface area contributed by atoms with Crippen molar-refractivity contribution in [1.82, 2.24) is 0 Å². The van der Waals surface area contributed by atoms with E-state index in [0.29, 0.717) is 0 Å². The van der Waals surface area contributed by atoms with Gasteiger partial charge in [0.1, 0.15) is 0 Å². The van der Waals surface area contributed by atoms with E-state index in [0.717, 1.165) is 11.5 Å². The molecule has 1 aromatic carbocycles. The van der Waals surface area contributed by atoms with Crippen molar-refractivity contribution >= 4 is 17.8 Å². The first-order valence-corrected chi connectivity index (χ1v) is 7.07. The quantitative estimate of drug-likeness (QED) is 0.387. The smallest absolute Gasteiger partial charge is 0.0119 e. The molecular formula is C16H20S. The number of hydrogen-bond donors (Lipinski definition) is 0. The van der Waals surface area contributed by atoms with Crippen molar-refractivity contribution in [2.24, 2.45) is 0 Å². The molecule has 0 nitrogen and oxygen atoms in total. The molecule has 0 saturated carbocycles. The summed E-state index contributed by atoms with van der Waals surface area (Å²) in [5.41, 5.74) is 2.55. The zero-order valence-corrected chi connectivity index (χ0v) is 11.4. The molecule has 0 aromatic heterocycles. The van der Waals surface area contributed by atoms with E-state index in [4.69, 9.17) is 0 Å². The van der Waals surface area contributed by atoms with Gasteiger partial charge in [0.15, 0.2) is 0 Å². The molecule has 1 aromatic rings. The number of allylic oxidation sites excluding steroid dienone is 3. The molecule has 0 aliphatic carbocycles. The molecular weight excluding hydrogens is 224 g/mol. The van der Waals surface area contributed by atoms with Crippen molar-refractivity contribution in [3.8, 4) is 0 Å². The lowest BCUT2D eigenvalue weighted by Crippen LogP contribution is -1.76. The molecule has 0 unspecified atom stereocenters. The Hall–Kier alpha value is -1.21. The first kappa shape index (κ1) is 13.9. The second kappa shape index (κ2) is 8.89. The molecule has 0 radical (unpaired) electrons. The highest BCUT2D eigenvalue weighted by Gasteiger charge is 1.86. The summed E-state index contributed by atoms with van der Waals surface area (Å²) in [6, 6.07) is 10.4. The number of thioether (sulfide) groups is 1. The second-order valence-corrected chi connectivity index (χ2v) is 4.88. The molecule has 0 spiro atoms. The molecule has 0 N–H and O–H groups in total. The van der Waals surface area contributed by atoms with Crippen LogP contribution in [0, 0.1) is 0 Å². The zero-order valence-electron chi connectivity index (χ0n) is 10.6. The van der Waals surface area contributed by atoms with Crippen molar-refractivity contribution in [3.05, 3.63) is 65.8 Å². The summed E-state index contributed by atoms with van der Waals surface area (Å²) in [5, 5.41) is 0. The van der Waals surface area contributed by atoms with E-state index < -0.39 is 0 Å². The van der Waals surface area contributed by atoms with Gasteiger partial charge in [-0.3, -0.25) is 0 Å². The van der Waals surface area contributed by atoms with E-state index in [1.807, 2.05) is 17.8 Å². The van der Waals surface area contributed by atoms with Gasteiger partial charge in [-0.25, -0.2) is 0 Å². The summed E-state index contributed by atoms with van der Waals surface area (Å²) in [6.07, 6.45) is 10.9. The minimum Gasteiger partial charge on any atom is -0.154 e. The third kappa shape index (κ3) is 6.85. The van der Waals surface area contributed by atoms with Gasteiger partial charge in [-0.05, 0) is 19.4 Å². The SMILES string of the molecule is C/C=C/CSC/C=C/C(C)=C/c1ccccc1. The average Bonchev–Trinajstić information content (AvgIpc) is 2.35. The Kier molecular flexibility index (Phi) is 7.24. The molecule has 1 heteroatoms. The average molecular weight is 244 g/mol. The number of benzene rings is 1. The highest BCUT2D eigenvalue weighted by molar-refractivity contribution is 7.99. The molecule has 0 fully saturated rings. The van der Waals surface area contributed by atoms with Crippen LogP contribution in [0.3, 0.4) is 0 Å². The van der Waals surface area contributed by atoms with Gasteiger partial charge < -0.3 is 0 Å². The summed E-state index contributed by atoms with van der Waals surface area (Å²) in [6.45, 7) is 4.20. The molecule has 0 aliphatic rings. The minimum atomic E-state index is 1.07. The predicted molar refractivity (Wildman–Crippen MR) is 81.4 cm³/mol. The van der Waals surface area contributed by atoms with Crippen molar-refractivity contribution < 1.29 is 0 Å². The standard InChI is InChI=1S/C16H20S/c1-3-4-12-17-13-8-9-15(2)14-16-10-6-5-7-11-16/h3-11,14H,12-13H2,1-2H3/b4-3+,9-8+,15-14+. The van der Waals surface area contributed by atoms with Crippen LogP contribution in [0.15, 0.2) is 60.2 Å². The first-order chi connectivity index (χ1) is 8.33. The largest absolute Gasteiger partial charge is 0.154 e. The van der Waals surface area contributed by atoms with Crippen LogP contribution in [0.1, 0.15) is 19.4 Å². The van der Waals surface area contributed by atoms with Gasteiger partial charge in [0.05, 0.1) is 0 Å². The number of hydrogen-bond acceptors (Lipinski definition) is 1. The van der Waals surface area contributed by atoms with Gasteiger partial charge in [-0.2, -0.15) is 11.8 Å². The van der Waals surface area contributed by atoms with Crippen LogP contribution in [0.5, 0.6) is 0 Å². The molecule has 90 valence electrons. The lowest BCUT2D eigenvalue weighted by atomic mass is 10.1. The zero-order chi connectivity index (χ0) is 12.3. The Morgan fingerprint density at radius 3 is 2.53 bits per heavy atom. The van der Waals surface area contributed by atoms with E-state index in [9.17, 15) is 0 Å². The van der Waals surface area contributed by atoms with Crippen LogP contribution in [-0.4, -0.2) is 11.5 Å². The van der Waals surface area contributed by atoms with Crippen LogP contribution < -0.4 is 0 Å². The Morgan fingerprint density at radius 1 is 1.12 bits per heavy atom. The van der Waals surface area contributed by atoms with Crippen LogP contribution in [0.25, 0.3) is 6.08 Å². The van der Waals surface area contributed by atoms with Crippen molar-refractivity contribution in [2.45, 2.75) is 13.8 Å². The minimum absolute atomic E-state index is 1.07. The molecule has 0 aliphatic heterocycles. The van der Waals surface area contributed by atoms with Crippen LogP contribution in [0.4, 0.5) is 0 Å². The maximum absolute atomic E-state index is 2.23. The van der Waals surface area contributed by atoms with E-state index in [1.165, 1.54) is 11.1 Å². The van der Waals surface area contributed by atoms with E-state index in [1.54, 1.807) is 0 Å². The van der Waals surface area contributed by atoms with Gasteiger partial charge in [-0.15, -0.1) is 0 Å². The monoisotopic (exact) mass is 244 g/mol. The van der Waals surface area contributed by atoms with Gasteiger partial charge in [0.25, 0.3) is 0 Å². The highest BCUT2D eigenvalue weighted by Crippen LogP contribution is 2.08. The van der Waals surface area contributed by atoms with Gasteiger partial charge >= 0.3 is 0 Å². The molecule has 0 amide bonds. The fourth-order valence-corrected chi connectivity index (χ4v) is 2.09. The fourth-order valence-electron chi connectivity index (χ4n) is 1.39. The van der Waals surface area contributed by atoms with Gasteiger partial charge in [0.2, 0.25) is 0 Å². The molecule has 0 bridgehead atoms. The van der Waals surface area contributed by atoms with E-state index in [2.05, 4.69) is 68.5 Å². The van der Waals surface area contributed by atoms with E-state index >= 15 is 0 Å². The lowest BCUT2D eigenvalue weighted by Gasteiger charge is -1.95. The normalized spacial score (nSPS) is 12.7. The van der Waals surface area contributed by atoms with Crippen LogP contribution >= 0.6 is 11.8 Å².